The fourth-order valence-electron chi connectivity index (χ4n) is 2.90. The smallest absolute Gasteiger partial charge is 0.331 e. The number of ketones is 1. The highest BCUT2D eigenvalue weighted by molar-refractivity contribution is 6.03. The minimum Gasteiger partial charge on any atom is -0.493 e. The molecule has 2 aromatic rings. The van der Waals surface area contributed by atoms with E-state index in [1.807, 2.05) is 6.92 Å². The van der Waals surface area contributed by atoms with Crippen LogP contribution in [0.5, 0.6) is 11.5 Å². The number of rotatable bonds is 8. The molecule has 0 spiro atoms. The molecule has 0 saturated heterocycles. The second kappa shape index (κ2) is 9.05. The number of esters is 1. The molecule has 0 saturated carbocycles. The van der Waals surface area contributed by atoms with Gasteiger partial charge < -0.3 is 19.5 Å². The lowest BCUT2D eigenvalue weighted by molar-refractivity contribution is -0.136. The predicted octanol–water partition coefficient (Wildman–Crippen LogP) is 3.03. The number of benzene rings is 2. The summed E-state index contributed by atoms with van der Waals surface area (Å²) in [4.78, 5) is 35.6. The van der Waals surface area contributed by atoms with Gasteiger partial charge in [0.1, 0.15) is 0 Å². The monoisotopic (exact) mass is 395 g/mol. The van der Waals surface area contributed by atoms with Crippen molar-refractivity contribution in [3.05, 3.63) is 59.2 Å². The van der Waals surface area contributed by atoms with E-state index in [4.69, 9.17) is 14.2 Å². The van der Waals surface area contributed by atoms with Crippen LogP contribution in [0.15, 0.2) is 42.5 Å². The van der Waals surface area contributed by atoms with Crippen molar-refractivity contribution < 1.29 is 28.6 Å². The van der Waals surface area contributed by atoms with E-state index in [1.54, 1.807) is 42.5 Å². The molecule has 1 heterocycles. The van der Waals surface area contributed by atoms with Gasteiger partial charge in [0, 0.05) is 17.3 Å². The Morgan fingerprint density at radius 1 is 1.14 bits per heavy atom. The molecule has 1 N–H and O–H groups in total. The molecule has 1 aliphatic heterocycles. The van der Waals surface area contributed by atoms with Crippen LogP contribution in [0.4, 0.5) is 5.69 Å². The highest BCUT2D eigenvalue weighted by atomic mass is 16.5. The number of carbonyl (C=O) groups is 3. The number of Topliss-reactive ketones (excluding diaryl/α,β-unsaturated/α-hetero) is 1. The van der Waals surface area contributed by atoms with Gasteiger partial charge >= 0.3 is 5.97 Å². The quantitative estimate of drug-likeness (QED) is 0.420. The molecular formula is C22H21NO6. The molecule has 0 aliphatic carbocycles. The number of fused-ring (bicyclic) bond motifs is 1. The van der Waals surface area contributed by atoms with Crippen LogP contribution in [-0.4, -0.2) is 38.0 Å². The summed E-state index contributed by atoms with van der Waals surface area (Å²) in [5, 5.41) is 2.70. The zero-order chi connectivity index (χ0) is 20.8. The average Bonchev–Trinajstić information content (AvgIpc) is 3.10. The van der Waals surface area contributed by atoms with Crippen molar-refractivity contribution in [2.24, 2.45) is 0 Å². The van der Waals surface area contributed by atoms with Crippen LogP contribution in [0.1, 0.15) is 28.4 Å². The summed E-state index contributed by atoms with van der Waals surface area (Å²) in [7, 11) is 1.54. The molecule has 2 aromatic carbocycles. The molecule has 7 heteroatoms. The molecule has 0 fully saturated rings. The van der Waals surface area contributed by atoms with Crippen molar-refractivity contribution in [2.75, 3.05) is 25.6 Å². The van der Waals surface area contributed by atoms with Crippen LogP contribution in [0.2, 0.25) is 0 Å². The van der Waals surface area contributed by atoms with Crippen molar-refractivity contribution >= 4 is 29.4 Å². The largest absolute Gasteiger partial charge is 0.493 e. The second-order valence-electron chi connectivity index (χ2n) is 6.30. The Morgan fingerprint density at radius 2 is 1.97 bits per heavy atom. The standard InChI is InChI=1S/C22H21NO6/c1-3-28-19-8-4-14(10-20(19)27-2)5-9-22(26)29-13-18(24)15-6-7-17-16(11-15)12-21(25)23-17/h4-11H,3,12-13H2,1-2H3,(H,23,25)/b9-5+. The number of hydrogen-bond acceptors (Lipinski definition) is 6. The minimum atomic E-state index is -0.635. The third-order valence-electron chi connectivity index (χ3n) is 4.30. The molecule has 1 aliphatic rings. The van der Waals surface area contributed by atoms with Gasteiger partial charge in [-0.15, -0.1) is 0 Å². The number of amides is 1. The maximum absolute atomic E-state index is 12.3. The SMILES string of the molecule is CCOc1ccc(/C=C/C(=O)OCC(=O)c2ccc3c(c2)CC(=O)N3)cc1OC. The minimum absolute atomic E-state index is 0.105. The fourth-order valence-corrected chi connectivity index (χ4v) is 2.90. The summed E-state index contributed by atoms with van der Waals surface area (Å²) in [6.07, 6.45) is 3.05. The molecule has 3 rings (SSSR count). The summed E-state index contributed by atoms with van der Waals surface area (Å²) in [6, 6.07) is 10.2. The lowest BCUT2D eigenvalue weighted by Crippen LogP contribution is -2.12. The highest BCUT2D eigenvalue weighted by Gasteiger charge is 2.19. The van der Waals surface area contributed by atoms with Crippen molar-refractivity contribution in [3.8, 4) is 11.5 Å². The summed E-state index contributed by atoms with van der Waals surface area (Å²) < 4.78 is 15.7. The number of carbonyl (C=O) groups excluding carboxylic acids is 3. The zero-order valence-electron chi connectivity index (χ0n) is 16.2. The Bertz CT molecular complexity index is 979. The number of ether oxygens (including phenoxy) is 3. The summed E-state index contributed by atoms with van der Waals surface area (Å²) >= 11 is 0. The van der Waals surface area contributed by atoms with Gasteiger partial charge in [-0.1, -0.05) is 6.07 Å². The first kappa shape index (κ1) is 20.1. The van der Waals surface area contributed by atoms with Gasteiger partial charge in [0.25, 0.3) is 0 Å². The number of methoxy groups -OCH3 is 1. The Balaban J connectivity index is 1.56. The van der Waals surface area contributed by atoms with Crippen LogP contribution in [0, 0.1) is 0 Å². The Morgan fingerprint density at radius 3 is 2.72 bits per heavy atom. The fraction of sp³-hybridized carbons (Fsp3) is 0.227. The highest BCUT2D eigenvalue weighted by Crippen LogP contribution is 2.28. The van der Waals surface area contributed by atoms with Crippen molar-refractivity contribution in [2.45, 2.75) is 13.3 Å². The first-order chi connectivity index (χ1) is 14.0. The lowest BCUT2D eigenvalue weighted by atomic mass is 10.1. The van der Waals surface area contributed by atoms with Crippen molar-refractivity contribution in [1.82, 2.24) is 0 Å². The van der Waals surface area contributed by atoms with Crippen LogP contribution >= 0.6 is 0 Å². The van der Waals surface area contributed by atoms with Gasteiger partial charge in [-0.2, -0.15) is 0 Å². The van der Waals surface area contributed by atoms with Gasteiger partial charge in [-0.25, -0.2) is 4.79 Å². The Kier molecular flexibility index (Phi) is 6.29. The van der Waals surface area contributed by atoms with Gasteiger partial charge in [0.15, 0.2) is 23.9 Å². The molecule has 0 radical (unpaired) electrons. The third-order valence-corrected chi connectivity index (χ3v) is 4.30. The molecule has 0 bridgehead atoms. The molecule has 1 amide bonds. The number of anilines is 1. The van der Waals surface area contributed by atoms with Gasteiger partial charge in [0.2, 0.25) is 5.91 Å². The third kappa shape index (κ3) is 5.01. The van der Waals surface area contributed by atoms with E-state index < -0.39 is 5.97 Å². The van der Waals surface area contributed by atoms with E-state index in [9.17, 15) is 14.4 Å². The van der Waals surface area contributed by atoms with E-state index >= 15 is 0 Å². The Hall–Kier alpha value is -3.61. The zero-order valence-corrected chi connectivity index (χ0v) is 16.2. The molecule has 150 valence electrons. The first-order valence-corrected chi connectivity index (χ1v) is 9.11. The second-order valence-corrected chi connectivity index (χ2v) is 6.30. The molecule has 29 heavy (non-hydrogen) atoms. The Labute approximate surface area is 168 Å². The normalized spacial score (nSPS) is 12.4. The summed E-state index contributed by atoms with van der Waals surface area (Å²) in [6.45, 7) is 2.02. The first-order valence-electron chi connectivity index (χ1n) is 9.11. The van der Waals surface area contributed by atoms with Crippen LogP contribution in [0.25, 0.3) is 6.08 Å². The van der Waals surface area contributed by atoms with Crippen molar-refractivity contribution in [3.63, 3.8) is 0 Å². The van der Waals surface area contributed by atoms with E-state index in [0.29, 0.717) is 29.4 Å². The van der Waals surface area contributed by atoms with E-state index in [0.717, 1.165) is 11.1 Å². The summed E-state index contributed by atoms with van der Waals surface area (Å²) in [5.41, 5.74) is 2.59. The lowest BCUT2D eigenvalue weighted by Gasteiger charge is -2.09. The maximum atomic E-state index is 12.3. The molecule has 7 nitrogen and oxygen atoms in total. The summed E-state index contributed by atoms with van der Waals surface area (Å²) in [5.74, 6) is 0.0987. The van der Waals surface area contributed by atoms with E-state index in [-0.39, 0.29) is 24.7 Å². The average molecular weight is 395 g/mol. The number of hydrogen-bond donors (Lipinski definition) is 1. The number of nitrogens with one attached hydrogen (secondary N) is 1. The van der Waals surface area contributed by atoms with Crippen LogP contribution in [-0.2, 0) is 20.7 Å². The molecular weight excluding hydrogens is 374 g/mol. The van der Waals surface area contributed by atoms with E-state index in [1.165, 1.54) is 13.2 Å². The van der Waals surface area contributed by atoms with Crippen LogP contribution < -0.4 is 14.8 Å². The molecule has 0 atom stereocenters. The van der Waals surface area contributed by atoms with Crippen LogP contribution in [0.3, 0.4) is 0 Å². The predicted molar refractivity (Wildman–Crippen MR) is 107 cm³/mol. The van der Waals surface area contributed by atoms with Crippen molar-refractivity contribution in [1.29, 1.82) is 0 Å². The molecule has 0 aromatic heterocycles. The van der Waals surface area contributed by atoms with E-state index in [2.05, 4.69) is 5.32 Å². The topological polar surface area (TPSA) is 90.9 Å². The maximum Gasteiger partial charge on any atom is 0.331 e. The van der Waals surface area contributed by atoms with Gasteiger partial charge in [0.05, 0.1) is 20.1 Å². The van der Waals surface area contributed by atoms with Gasteiger partial charge in [-0.05, 0) is 54.5 Å². The molecule has 0 unspecified atom stereocenters. The van der Waals surface area contributed by atoms with Gasteiger partial charge in [-0.3, -0.25) is 9.59 Å².